The number of rotatable bonds is 2. The van der Waals surface area contributed by atoms with Crippen LogP contribution in [-0.4, -0.2) is 17.9 Å². The first kappa shape index (κ1) is 17.8. The lowest BCUT2D eigenvalue weighted by Crippen LogP contribution is -2.44. The molecule has 0 spiro atoms. The summed E-state index contributed by atoms with van der Waals surface area (Å²) in [7, 11) is 0. The molecule has 1 aromatic carbocycles. The van der Waals surface area contributed by atoms with Crippen molar-refractivity contribution in [2.24, 2.45) is 11.3 Å². The smallest absolute Gasteiger partial charge is 0.313 e. The maximum Gasteiger partial charge on any atom is 0.313 e. The third-order valence-corrected chi connectivity index (χ3v) is 4.81. The van der Waals surface area contributed by atoms with Crippen molar-refractivity contribution in [1.82, 2.24) is 5.32 Å². The second-order valence-corrected chi connectivity index (χ2v) is 7.79. The van der Waals surface area contributed by atoms with Crippen LogP contribution in [0, 0.1) is 11.3 Å². The molecule has 2 rings (SSSR count). The maximum atomic E-state index is 12.0. The fourth-order valence-electron chi connectivity index (χ4n) is 3.11. The van der Waals surface area contributed by atoms with Gasteiger partial charge in [-0.1, -0.05) is 38.4 Å². The molecule has 1 aromatic rings. The summed E-state index contributed by atoms with van der Waals surface area (Å²) >= 11 is 5.86. The van der Waals surface area contributed by atoms with Crippen LogP contribution >= 0.6 is 11.6 Å². The molecule has 0 heterocycles. The molecule has 0 aliphatic heterocycles. The first-order valence-corrected chi connectivity index (χ1v) is 8.51. The molecule has 23 heavy (non-hydrogen) atoms. The molecule has 4 nitrogen and oxygen atoms in total. The zero-order valence-corrected chi connectivity index (χ0v) is 14.7. The van der Waals surface area contributed by atoms with Gasteiger partial charge in [0, 0.05) is 16.8 Å². The highest BCUT2D eigenvalue weighted by atomic mass is 35.5. The Kier molecular flexibility index (Phi) is 5.69. The monoisotopic (exact) mass is 336 g/mol. The van der Waals surface area contributed by atoms with Crippen molar-refractivity contribution in [1.29, 1.82) is 0 Å². The Hall–Kier alpha value is -1.55. The lowest BCUT2D eigenvalue weighted by Gasteiger charge is -2.37. The number of anilines is 1. The summed E-state index contributed by atoms with van der Waals surface area (Å²) in [6.45, 7) is 6.78. The van der Waals surface area contributed by atoms with E-state index in [9.17, 15) is 9.59 Å². The van der Waals surface area contributed by atoms with Crippen molar-refractivity contribution < 1.29 is 9.59 Å². The topological polar surface area (TPSA) is 58.2 Å². The third kappa shape index (κ3) is 5.24. The summed E-state index contributed by atoms with van der Waals surface area (Å²) in [5.74, 6) is -0.551. The van der Waals surface area contributed by atoms with Crippen molar-refractivity contribution >= 4 is 29.1 Å². The highest BCUT2D eigenvalue weighted by Crippen LogP contribution is 2.37. The van der Waals surface area contributed by atoms with E-state index in [-0.39, 0.29) is 6.04 Å². The summed E-state index contributed by atoms with van der Waals surface area (Å²) in [6, 6.07) is 6.84. The van der Waals surface area contributed by atoms with Gasteiger partial charge >= 0.3 is 11.8 Å². The second-order valence-electron chi connectivity index (χ2n) is 7.35. The van der Waals surface area contributed by atoms with Gasteiger partial charge in [-0.25, -0.2) is 0 Å². The van der Waals surface area contributed by atoms with Crippen molar-refractivity contribution in [2.75, 3.05) is 5.32 Å². The summed E-state index contributed by atoms with van der Waals surface area (Å²) in [5, 5.41) is 5.93. The van der Waals surface area contributed by atoms with Crippen LogP contribution in [-0.2, 0) is 9.59 Å². The van der Waals surface area contributed by atoms with Gasteiger partial charge in [-0.05, 0) is 55.2 Å². The average Bonchev–Trinajstić information content (AvgIpc) is 2.46. The van der Waals surface area contributed by atoms with E-state index in [4.69, 9.17) is 11.6 Å². The fraction of sp³-hybridized carbons (Fsp3) is 0.556. The van der Waals surface area contributed by atoms with Gasteiger partial charge in [-0.15, -0.1) is 0 Å². The van der Waals surface area contributed by atoms with Crippen molar-refractivity contribution in [3.8, 4) is 0 Å². The number of carbonyl (C=O) groups excluding carboxylic acids is 2. The average molecular weight is 337 g/mol. The number of halogens is 1. The molecule has 0 bridgehead atoms. The van der Waals surface area contributed by atoms with Crippen LogP contribution in [0.1, 0.15) is 46.5 Å². The Bertz CT molecular complexity index is 573. The van der Waals surface area contributed by atoms with Gasteiger partial charge in [0.15, 0.2) is 0 Å². The molecule has 1 saturated carbocycles. The van der Waals surface area contributed by atoms with Gasteiger partial charge in [-0.3, -0.25) is 9.59 Å². The molecule has 5 heteroatoms. The molecular weight excluding hydrogens is 312 g/mol. The van der Waals surface area contributed by atoms with E-state index >= 15 is 0 Å². The summed E-state index contributed by atoms with van der Waals surface area (Å²) < 4.78 is 0. The molecular formula is C18H25ClN2O2. The zero-order chi connectivity index (χ0) is 17.0. The highest BCUT2D eigenvalue weighted by Gasteiger charge is 2.30. The van der Waals surface area contributed by atoms with Crippen LogP contribution in [0.5, 0.6) is 0 Å². The molecule has 0 saturated heterocycles. The standard InChI is InChI=1S/C18H25ClN2O2/c1-18(2,3)12-7-9-14(10-8-12)20-16(22)17(23)21-15-6-4-5-13(19)11-15/h4-6,11-12,14H,7-10H2,1-3H3,(H,20,22)(H,21,23). The molecule has 1 aliphatic rings. The lowest BCUT2D eigenvalue weighted by atomic mass is 9.71. The first-order chi connectivity index (χ1) is 10.8. The van der Waals surface area contributed by atoms with Crippen LogP contribution in [0.25, 0.3) is 0 Å². The number of benzene rings is 1. The van der Waals surface area contributed by atoms with E-state index in [0.717, 1.165) is 25.7 Å². The molecule has 2 amide bonds. The van der Waals surface area contributed by atoms with E-state index in [2.05, 4.69) is 31.4 Å². The Morgan fingerprint density at radius 3 is 2.30 bits per heavy atom. The Morgan fingerprint density at radius 2 is 1.74 bits per heavy atom. The van der Waals surface area contributed by atoms with Gasteiger partial charge < -0.3 is 10.6 Å². The molecule has 0 atom stereocenters. The summed E-state index contributed by atoms with van der Waals surface area (Å²) in [5.41, 5.74) is 0.827. The first-order valence-electron chi connectivity index (χ1n) is 8.13. The molecule has 126 valence electrons. The van der Waals surface area contributed by atoms with Gasteiger partial charge in [0.25, 0.3) is 0 Å². The van der Waals surface area contributed by atoms with E-state index in [1.807, 2.05) is 0 Å². The number of hydrogen-bond acceptors (Lipinski definition) is 2. The molecule has 0 radical (unpaired) electrons. The predicted octanol–water partition coefficient (Wildman–Crippen LogP) is 4.00. The fourth-order valence-corrected chi connectivity index (χ4v) is 3.30. The van der Waals surface area contributed by atoms with Gasteiger partial charge in [0.05, 0.1) is 0 Å². The molecule has 1 aliphatic carbocycles. The SMILES string of the molecule is CC(C)(C)C1CCC(NC(=O)C(=O)Nc2cccc(Cl)c2)CC1. The van der Waals surface area contributed by atoms with E-state index in [0.29, 0.717) is 22.0 Å². The summed E-state index contributed by atoms with van der Waals surface area (Å²) in [6.07, 6.45) is 4.03. The van der Waals surface area contributed by atoms with E-state index in [1.54, 1.807) is 24.3 Å². The van der Waals surface area contributed by atoms with Gasteiger partial charge in [0.2, 0.25) is 0 Å². The molecule has 2 N–H and O–H groups in total. The van der Waals surface area contributed by atoms with Crippen LogP contribution in [0.2, 0.25) is 5.02 Å². The highest BCUT2D eigenvalue weighted by molar-refractivity contribution is 6.40. The number of nitrogens with one attached hydrogen (secondary N) is 2. The minimum absolute atomic E-state index is 0.0891. The van der Waals surface area contributed by atoms with Crippen LogP contribution in [0.15, 0.2) is 24.3 Å². The van der Waals surface area contributed by atoms with E-state index in [1.165, 1.54) is 0 Å². The maximum absolute atomic E-state index is 12.0. The molecule has 1 fully saturated rings. The number of amides is 2. The van der Waals surface area contributed by atoms with Gasteiger partial charge in [0.1, 0.15) is 0 Å². The Balaban J connectivity index is 1.82. The third-order valence-electron chi connectivity index (χ3n) is 4.58. The second kappa shape index (κ2) is 7.35. The zero-order valence-electron chi connectivity index (χ0n) is 14.0. The van der Waals surface area contributed by atoms with Crippen LogP contribution in [0.4, 0.5) is 5.69 Å². The van der Waals surface area contributed by atoms with Crippen LogP contribution < -0.4 is 10.6 Å². The molecule has 0 unspecified atom stereocenters. The largest absolute Gasteiger partial charge is 0.345 e. The minimum Gasteiger partial charge on any atom is -0.345 e. The van der Waals surface area contributed by atoms with Crippen molar-refractivity contribution in [2.45, 2.75) is 52.5 Å². The Labute approximate surface area is 143 Å². The predicted molar refractivity (Wildman–Crippen MR) is 93.4 cm³/mol. The number of carbonyl (C=O) groups is 2. The van der Waals surface area contributed by atoms with Crippen LogP contribution in [0.3, 0.4) is 0 Å². The van der Waals surface area contributed by atoms with Crippen molar-refractivity contribution in [3.05, 3.63) is 29.3 Å². The van der Waals surface area contributed by atoms with Crippen molar-refractivity contribution in [3.63, 3.8) is 0 Å². The van der Waals surface area contributed by atoms with Gasteiger partial charge in [-0.2, -0.15) is 0 Å². The number of hydrogen-bond donors (Lipinski definition) is 2. The van der Waals surface area contributed by atoms with E-state index < -0.39 is 11.8 Å². The normalized spacial score (nSPS) is 21.6. The quantitative estimate of drug-likeness (QED) is 0.802. The lowest BCUT2D eigenvalue weighted by molar-refractivity contribution is -0.136. The summed E-state index contributed by atoms with van der Waals surface area (Å²) in [4.78, 5) is 24.0. The molecule has 0 aromatic heterocycles. The Morgan fingerprint density at radius 1 is 1.09 bits per heavy atom. The minimum atomic E-state index is -0.648.